The summed E-state index contributed by atoms with van der Waals surface area (Å²) in [6.45, 7) is 1.63. The fourth-order valence-electron chi connectivity index (χ4n) is 2.37. The molecular weight excluding hydrogens is 286 g/mol. The van der Waals surface area contributed by atoms with Gasteiger partial charge in [-0.25, -0.2) is 0 Å². The van der Waals surface area contributed by atoms with Crippen LogP contribution in [0.5, 0.6) is 0 Å². The zero-order valence-corrected chi connectivity index (χ0v) is 13.0. The number of carbonyl (C=O) groups is 2. The van der Waals surface area contributed by atoms with Gasteiger partial charge in [0.2, 0.25) is 0 Å². The average molecular weight is 307 g/mol. The van der Waals surface area contributed by atoms with E-state index in [9.17, 15) is 9.59 Å². The minimum Gasteiger partial charge on any atom is -0.449 e. The van der Waals surface area contributed by atoms with Crippen molar-refractivity contribution in [1.29, 1.82) is 0 Å². The number of methoxy groups -OCH3 is 2. The van der Waals surface area contributed by atoms with Crippen molar-refractivity contribution in [1.82, 2.24) is 0 Å². The van der Waals surface area contributed by atoms with E-state index in [0.29, 0.717) is 18.5 Å². The van der Waals surface area contributed by atoms with Crippen LogP contribution in [0.1, 0.15) is 25.3 Å². The number of benzene rings is 1. The molecule has 1 aromatic rings. The van der Waals surface area contributed by atoms with Crippen LogP contribution in [0.15, 0.2) is 24.3 Å². The summed E-state index contributed by atoms with van der Waals surface area (Å²) in [4.78, 5) is 23.7. The molecule has 1 atom stereocenters. The highest BCUT2D eigenvalue weighted by Gasteiger charge is 2.42. The van der Waals surface area contributed by atoms with E-state index in [-0.39, 0.29) is 18.3 Å². The first-order valence-electron chi connectivity index (χ1n) is 7.15. The van der Waals surface area contributed by atoms with Crippen LogP contribution in [0.3, 0.4) is 0 Å². The molecule has 0 aliphatic carbocycles. The highest BCUT2D eigenvalue weighted by atomic mass is 16.7. The van der Waals surface area contributed by atoms with Crippen LogP contribution in [-0.4, -0.2) is 38.0 Å². The van der Waals surface area contributed by atoms with Gasteiger partial charge in [0.05, 0.1) is 0 Å². The third-order valence-electron chi connectivity index (χ3n) is 3.80. The minimum atomic E-state index is -1.11. The summed E-state index contributed by atoms with van der Waals surface area (Å²) in [5, 5.41) is 2.84. The van der Waals surface area contributed by atoms with E-state index >= 15 is 0 Å². The van der Waals surface area contributed by atoms with E-state index < -0.39 is 11.9 Å². The number of carbonyl (C=O) groups excluding carboxylic acids is 2. The summed E-state index contributed by atoms with van der Waals surface area (Å²) >= 11 is 0. The van der Waals surface area contributed by atoms with Gasteiger partial charge in [0.15, 0.2) is 11.9 Å². The van der Waals surface area contributed by atoms with Gasteiger partial charge in [0.1, 0.15) is 0 Å². The Labute approximate surface area is 129 Å². The van der Waals surface area contributed by atoms with Crippen LogP contribution in [0.4, 0.5) is 5.69 Å². The average Bonchev–Trinajstić information content (AvgIpc) is 2.87. The second-order valence-corrected chi connectivity index (χ2v) is 5.42. The number of anilines is 1. The molecule has 1 aliphatic rings. The predicted octanol–water partition coefficient (Wildman–Crippen LogP) is 1.88. The lowest BCUT2D eigenvalue weighted by molar-refractivity contribution is -0.154. The zero-order valence-electron chi connectivity index (χ0n) is 13.0. The zero-order chi connectivity index (χ0) is 16.2. The Hall–Kier alpha value is -1.92. The first-order valence-corrected chi connectivity index (χ1v) is 7.15. The molecule has 0 saturated carbocycles. The number of esters is 1. The molecule has 1 aromatic carbocycles. The number of ether oxygens (including phenoxy) is 3. The molecule has 1 heterocycles. The third-order valence-corrected chi connectivity index (χ3v) is 3.80. The molecule has 1 saturated heterocycles. The van der Waals surface area contributed by atoms with E-state index in [0.717, 1.165) is 5.56 Å². The third kappa shape index (κ3) is 3.64. The summed E-state index contributed by atoms with van der Waals surface area (Å²) in [5.74, 6) is -0.665. The van der Waals surface area contributed by atoms with Crippen LogP contribution in [0.2, 0.25) is 0 Å². The summed E-state index contributed by atoms with van der Waals surface area (Å²) in [5.41, 5.74) is 0.444. The standard InChI is InChI=1S/C16H21NO5/c1-16(9-8-13(18)22-16)15(19)17-12-7-5-4-6-11(12)10-14(20-2)21-3/h4-7,14H,8-10H2,1-3H3,(H,17,19). The van der Waals surface area contributed by atoms with Crippen molar-refractivity contribution < 1.29 is 23.8 Å². The van der Waals surface area contributed by atoms with Crippen LogP contribution >= 0.6 is 0 Å². The predicted molar refractivity (Wildman–Crippen MR) is 80.3 cm³/mol. The molecule has 1 aliphatic heterocycles. The number of rotatable bonds is 6. The Morgan fingerprint density at radius 2 is 2.05 bits per heavy atom. The van der Waals surface area contributed by atoms with Crippen molar-refractivity contribution in [3.05, 3.63) is 29.8 Å². The molecule has 0 aromatic heterocycles. The number of nitrogens with one attached hydrogen (secondary N) is 1. The molecule has 2 rings (SSSR count). The van der Waals surface area contributed by atoms with Crippen molar-refractivity contribution in [3.63, 3.8) is 0 Å². The fourth-order valence-corrected chi connectivity index (χ4v) is 2.37. The van der Waals surface area contributed by atoms with Gasteiger partial charge >= 0.3 is 5.97 Å². The van der Waals surface area contributed by atoms with E-state index in [4.69, 9.17) is 14.2 Å². The number of hydrogen-bond donors (Lipinski definition) is 1. The highest BCUT2D eigenvalue weighted by Crippen LogP contribution is 2.28. The van der Waals surface area contributed by atoms with Gasteiger partial charge in [-0.3, -0.25) is 9.59 Å². The van der Waals surface area contributed by atoms with E-state index in [1.54, 1.807) is 27.2 Å². The van der Waals surface area contributed by atoms with Gasteiger partial charge in [-0.2, -0.15) is 0 Å². The summed E-state index contributed by atoms with van der Waals surface area (Å²) in [6.07, 6.45) is 0.762. The monoisotopic (exact) mass is 307 g/mol. The normalized spacial score (nSPS) is 21.0. The Bertz CT molecular complexity index is 555. The van der Waals surface area contributed by atoms with Gasteiger partial charge in [-0.05, 0) is 18.6 Å². The van der Waals surface area contributed by atoms with Crippen molar-refractivity contribution in [2.24, 2.45) is 0 Å². The molecule has 1 N–H and O–H groups in total. The van der Waals surface area contributed by atoms with Gasteiger partial charge in [0.25, 0.3) is 5.91 Å². The SMILES string of the molecule is COC(Cc1ccccc1NC(=O)C1(C)CCC(=O)O1)OC. The molecular formula is C16H21NO5. The van der Waals surface area contributed by atoms with Gasteiger partial charge in [0, 0.05) is 39.2 Å². The maximum atomic E-state index is 12.4. The lowest BCUT2D eigenvalue weighted by Crippen LogP contribution is -2.40. The number of hydrogen-bond acceptors (Lipinski definition) is 5. The first-order chi connectivity index (χ1) is 10.5. The van der Waals surface area contributed by atoms with Crippen LogP contribution in [0, 0.1) is 0 Å². The van der Waals surface area contributed by atoms with E-state index in [1.165, 1.54) is 0 Å². The lowest BCUT2D eigenvalue weighted by atomic mass is 10.0. The van der Waals surface area contributed by atoms with Crippen molar-refractivity contribution in [3.8, 4) is 0 Å². The molecule has 1 unspecified atom stereocenters. The Morgan fingerprint density at radius 1 is 1.36 bits per heavy atom. The molecule has 0 spiro atoms. The molecule has 22 heavy (non-hydrogen) atoms. The van der Waals surface area contributed by atoms with Crippen LogP contribution in [0.25, 0.3) is 0 Å². The summed E-state index contributed by atoms with van der Waals surface area (Å²) < 4.78 is 15.5. The molecule has 0 radical (unpaired) electrons. The number of para-hydroxylation sites is 1. The smallest absolute Gasteiger partial charge is 0.307 e. The maximum absolute atomic E-state index is 12.4. The summed E-state index contributed by atoms with van der Waals surface area (Å²) in [6, 6.07) is 7.40. The van der Waals surface area contributed by atoms with Crippen molar-refractivity contribution >= 4 is 17.6 Å². The Balaban J connectivity index is 2.12. The molecule has 6 nitrogen and oxygen atoms in total. The number of amides is 1. The van der Waals surface area contributed by atoms with Gasteiger partial charge < -0.3 is 19.5 Å². The van der Waals surface area contributed by atoms with E-state index in [1.807, 2.05) is 18.2 Å². The quantitative estimate of drug-likeness (QED) is 0.641. The van der Waals surface area contributed by atoms with Crippen LogP contribution in [-0.2, 0) is 30.2 Å². The molecule has 1 amide bonds. The van der Waals surface area contributed by atoms with Crippen molar-refractivity contribution in [2.75, 3.05) is 19.5 Å². The Morgan fingerprint density at radius 3 is 2.64 bits per heavy atom. The molecule has 0 bridgehead atoms. The second kappa shape index (κ2) is 6.89. The van der Waals surface area contributed by atoms with Gasteiger partial charge in [-0.15, -0.1) is 0 Å². The number of cyclic esters (lactones) is 1. The summed E-state index contributed by atoms with van der Waals surface area (Å²) in [7, 11) is 3.13. The molecule has 1 fully saturated rings. The fraction of sp³-hybridized carbons (Fsp3) is 0.500. The van der Waals surface area contributed by atoms with Crippen molar-refractivity contribution in [2.45, 2.75) is 38.1 Å². The highest BCUT2D eigenvalue weighted by molar-refractivity contribution is 6.00. The minimum absolute atomic E-state index is 0.265. The Kier molecular flexibility index (Phi) is 5.15. The molecule has 120 valence electrons. The van der Waals surface area contributed by atoms with Gasteiger partial charge in [-0.1, -0.05) is 18.2 Å². The van der Waals surface area contributed by atoms with Crippen LogP contribution < -0.4 is 5.32 Å². The largest absolute Gasteiger partial charge is 0.449 e. The topological polar surface area (TPSA) is 73.9 Å². The second-order valence-electron chi connectivity index (χ2n) is 5.42. The first kappa shape index (κ1) is 16.5. The molecule has 6 heteroatoms. The lowest BCUT2D eigenvalue weighted by Gasteiger charge is -2.23. The maximum Gasteiger partial charge on any atom is 0.307 e. The van der Waals surface area contributed by atoms with E-state index in [2.05, 4.69) is 5.32 Å².